The molecule has 0 radical (unpaired) electrons. The maximum atomic E-state index is 11.5. The van der Waals surface area contributed by atoms with Gasteiger partial charge in [-0.1, -0.05) is 0 Å². The quantitative estimate of drug-likeness (QED) is 0.742. The van der Waals surface area contributed by atoms with Crippen molar-refractivity contribution in [3.8, 4) is 0 Å². The number of ether oxygens (including phenoxy) is 2. The number of hydrogen-bond acceptors (Lipinski definition) is 4. The molecule has 1 aliphatic heterocycles. The van der Waals surface area contributed by atoms with Gasteiger partial charge in [0, 0.05) is 11.5 Å². The highest BCUT2D eigenvalue weighted by atomic mass is 16.6. The molecule has 2 rings (SSSR count). The van der Waals surface area contributed by atoms with Crippen molar-refractivity contribution >= 4 is 6.09 Å². The molecular weight excluding hydrogens is 232 g/mol. The minimum Gasteiger partial charge on any atom is -0.443 e. The average molecular weight is 256 g/mol. The normalized spacial score (nSPS) is 23.5. The molecule has 0 aromatic rings. The molecule has 0 aromatic heterocycles. The van der Waals surface area contributed by atoms with Crippen LogP contribution in [0.15, 0.2) is 0 Å². The highest BCUT2D eigenvalue weighted by Crippen LogP contribution is 2.41. The molecule has 2 N–H and O–H groups in total. The predicted octanol–water partition coefficient (Wildman–Crippen LogP) is 1.97. The van der Waals surface area contributed by atoms with Crippen LogP contribution in [0.25, 0.3) is 0 Å². The number of carbonyl (C=O) groups excluding carboxylic acids is 1. The standard InChI is InChI=1S/C13H24N2O3/c1-12(2,3)18-11(16)15-14-10-4-6-13(7-5-10)8-17-9-13/h10,14H,4-9H2,1-3H3,(H,15,16). The van der Waals surface area contributed by atoms with Crippen LogP contribution < -0.4 is 10.9 Å². The van der Waals surface area contributed by atoms with Gasteiger partial charge in [-0.2, -0.15) is 0 Å². The molecule has 5 heteroatoms. The van der Waals surface area contributed by atoms with Gasteiger partial charge >= 0.3 is 6.09 Å². The number of rotatable bonds is 2. The lowest BCUT2D eigenvalue weighted by Gasteiger charge is -2.46. The van der Waals surface area contributed by atoms with Gasteiger partial charge in [-0.25, -0.2) is 10.2 Å². The summed E-state index contributed by atoms with van der Waals surface area (Å²) in [4.78, 5) is 11.5. The number of carbonyl (C=O) groups is 1. The van der Waals surface area contributed by atoms with Gasteiger partial charge in [0.05, 0.1) is 13.2 Å². The molecule has 5 nitrogen and oxygen atoms in total. The highest BCUT2D eigenvalue weighted by Gasteiger charge is 2.41. The van der Waals surface area contributed by atoms with Crippen molar-refractivity contribution < 1.29 is 14.3 Å². The van der Waals surface area contributed by atoms with E-state index in [0.29, 0.717) is 11.5 Å². The summed E-state index contributed by atoms with van der Waals surface area (Å²) in [7, 11) is 0. The Morgan fingerprint density at radius 2 is 1.89 bits per heavy atom. The first kappa shape index (κ1) is 13.6. The van der Waals surface area contributed by atoms with Crippen LogP contribution in [0.2, 0.25) is 0 Å². The molecule has 0 bridgehead atoms. The molecule has 1 amide bonds. The minimum absolute atomic E-state index is 0.351. The maximum absolute atomic E-state index is 11.5. The first-order valence-electron chi connectivity index (χ1n) is 6.71. The van der Waals surface area contributed by atoms with Crippen LogP contribution in [0, 0.1) is 5.41 Å². The average Bonchev–Trinajstić information content (AvgIpc) is 2.22. The van der Waals surface area contributed by atoms with Gasteiger partial charge in [0.15, 0.2) is 0 Å². The molecule has 104 valence electrons. The van der Waals surface area contributed by atoms with E-state index >= 15 is 0 Å². The second-order valence-electron chi connectivity index (χ2n) is 6.54. The maximum Gasteiger partial charge on any atom is 0.422 e. The summed E-state index contributed by atoms with van der Waals surface area (Å²) >= 11 is 0. The Kier molecular flexibility index (Phi) is 3.82. The zero-order valence-corrected chi connectivity index (χ0v) is 11.5. The third kappa shape index (κ3) is 3.59. The summed E-state index contributed by atoms with van der Waals surface area (Å²) < 4.78 is 10.5. The predicted molar refractivity (Wildman–Crippen MR) is 68.0 cm³/mol. The zero-order valence-electron chi connectivity index (χ0n) is 11.5. The van der Waals surface area contributed by atoms with Gasteiger partial charge in [0.1, 0.15) is 5.60 Å². The fourth-order valence-corrected chi connectivity index (χ4v) is 2.52. The monoisotopic (exact) mass is 256 g/mol. The van der Waals surface area contributed by atoms with Crippen LogP contribution in [-0.4, -0.2) is 30.9 Å². The molecule has 1 aliphatic carbocycles. The molecule has 2 aliphatic rings. The van der Waals surface area contributed by atoms with Gasteiger partial charge in [-0.15, -0.1) is 0 Å². The van der Waals surface area contributed by atoms with Crippen molar-refractivity contribution in [3.63, 3.8) is 0 Å². The summed E-state index contributed by atoms with van der Waals surface area (Å²) in [6.45, 7) is 7.40. The Morgan fingerprint density at radius 1 is 1.28 bits per heavy atom. The van der Waals surface area contributed by atoms with Gasteiger partial charge in [-0.05, 0) is 46.5 Å². The van der Waals surface area contributed by atoms with Crippen LogP contribution in [0.4, 0.5) is 4.79 Å². The van der Waals surface area contributed by atoms with Crippen molar-refractivity contribution in [2.45, 2.75) is 58.1 Å². The number of hydrazine groups is 1. The van der Waals surface area contributed by atoms with Crippen molar-refractivity contribution in [1.29, 1.82) is 0 Å². The largest absolute Gasteiger partial charge is 0.443 e. The Morgan fingerprint density at radius 3 is 2.33 bits per heavy atom. The third-order valence-corrected chi connectivity index (χ3v) is 3.64. The summed E-state index contributed by atoms with van der Waals surface area (Å²) in [5.41, 5.74) is 5.69. The molecule has 1 saturated heterocycles. The first-order valence-corrected chi connectivity index (χ1v) is 6.71. The lowest BCUT2D eigenvalue weighted by Crippen LogP contribution is -2.52. The van der Waals surface area contributed by atoms with Crippen molar-refractivity contribution in [1.82, 2.24) is 10.9 Å². The SMILES string of the molecule is CC(C)(C)OC(=O)NNC1CCC2(CC1)COC2. The number of amides is 1. The molecule has 1 saturated carbocycles. The topological polar surface area (TPSA) is 59.6 Å². The fourth-order valence-electron chi connectivity index (χ4n) is 2.52. The van der Waals surface area contributed by atoms with Gasteiger partial charge in [-0.3, -0.25) is 5.43 Å². The van der Waals surface area contributed by atoms with Gasteiger partial charge in [0.2, 0.25) is 0 Å². The van der Waals surface area contributed by atoms with Crippen LogP contribution in [0.5, 0.6) is 0 Å². The second kappa shape index (κ2) is 5.05. The Hall–Kier alpha value is -0.810. The van der Waals surface area contributed by atoms with E-state index in [2.05, 4.69) is 10.9 Å². The molecule has 0 atom stereocenters. The van der Waals surface area contributed by atoms with Crippen LogP contribution in [0.3, 0.4) is 0 Å². The second-order valence-corrected chi connectivity index (χ2v) is 6.54. The van der Waals surface area contributed by atoms with E-state index in [1.54, 1.807) is 0 Å². The summed E-state index contributed by atoms with van der Waals surface area (Å²) in [6, 6.07) is 0.351. The Labute approximate surface area is 109 Å². The number of hydrogen-bond donors (Lipinski definition) is 2. The van der Waals surface area contributed by atoms with Gasteiger partial charge in [0.25, 0.3) is 0 Å². The minimum atomic E-state index is -0.453. The van der Waals surface area contributed by atoms with E-state index in [0.717, 1.165) is 26.1 Å². The zero-order chi connectivity index (χ0) is 13.2. The van der Waals surface area contributed by atoms with E-state index < -0.39 is 11.7 Å². The van der Waals surface area contributed by atoms with E-state index in [4.69, 9.17) is 9.47 Å². The molecule has 0 aromatic carbocycles. The van der Waals surface area contributed by atoms with Crippen molar-refractivity contribution in [3.05, 3.63) is 0 Å². The Bertz CT molecular complexity index is 298. The summed E-state index contributed by atoms with van der Waals surface area (Å²) in [6.07, 6.45) is 4.12. The summed E-state index contributed by atoms with van der Waals surface area (Å²) in [5.74, 6) is 0. The van der Waals surface area contributed by atoms with E-state index in [1.165, 1.54) is 12.8 Å². The molecule has 1 spiro atoms. The highest BCUT2D eigenvalue weighted by molar-refractivity contribution is 5.67. The molecule has 2 fully saturated rings. The lowest BCUT2D eigenvalue weighted by molar-refractivity contribution is -0.133. The van der Waals surface area contributed by atoms with Crippen molar-refractivity contribution in [2.24, 2.45) is 5.41 Å². The van der Waals surface area contributed by atoms with E-state index in [9.17, 15) is 4.79 Å². The molecule has 18 heavy (non-hydrogen) atoms. The smallest absolute Gasteiger partial charge is 0.422 e. The van der Waals surface area contributed by atoms with E-state index in [-0.39, 0.29) is 0 Å². The van der Waals surface area contributed by atoms with Crippen LogP contribution in [0.1, 0.15) is 46.5 Å². The molecule has 0 unspecified atom stereocenters. The Balaban J connectivity index is 1.64. The molecule has 1 heterocycles. The van der Waals surface area contributed by atoms with Crippen molar-refractivity contribution in [2.75, 3.05) is 13.2 Å². The summed E-state index contributed by atoms with van der Waals surface area (Å²) in [5, 5.41) is 0. The van der Waals surface area contributed by atoms with Crippen LogP contribution in [-0.2, 0) is 9.47 Å². The lowest BCUT2D eigenvalue weighted by atomic mass is 9.71. The fraction of sp³-hybridized carbons (Fsp3) is 0.923. The molecular formula is C13H24N2O3. The third-order valence-electron chi connectivity index (χ3n) is 3.64. The van der Waals surface area contributed by atoms with Crippen LogP contribution >= 0.6 is 0 Å². The van der Waals surface area contributed by atoms with Gasteiger partial charge < -0.3 is 9.47 Å². The first-order chi connectivity index (χ1) is 8.39. The van der Waals surface area contributed by atoms with E-state index in [1.807, 2.05) is 20.8 Å². The number of nitrogens with one attached hydrogen (secondary N) is 2.